The number of benzene rings is 1. The first-order valence-electron chi connectivity index (χ1n) is 6.23. The second kappa shape index (κ2) is 6.06. The first-order chi connectivity index (χ1) is 9.68. The van der Waals surface area contributed by atoms with Gasteiger partial charge in [-0.15, -0.1) is 11.3 Å². The molecule has 0 saturated carbocycles. The fraction of sp³-hybridized carbons (Fsp3) is 0.357. The van der Waals surface area contributed by atoms with E-state index in [2.05, 4.69) is 20.9 Å². The van der Waals surface area contributed by atoms with E-state index in [1.807, 2.05) is 13.8 Å². The van der Waals surface area contributed by atoms with Gasteiger partial charge in [-0.1, -0.05) is 22.0 Å². The predicted molar refractivity (Wildman–Crippen MR) is 81.4 cm³/mol. The maximum atomic E-state index is 12.9. The molecule has 0 saturated heterocycles. The first-order valence-corrected chi connectivity index (χ1v) is 7.84. The highest BCUT2D eigenvalue weighted by Gasteiger charge is 2.33. The zero-order valence-corrected chi connectivity index (χ0v) is 13.9. The van der Waals surface area contributed by atoms with Crippen molar-refractivity contribution in [3.63, 3.8) is 0 Å². The van der Waals surface area contributed by atoms with Crippen molar-refractivity contribution >= 4 is 27.3 Å². The summed E-state index contributed by atoms with van der Waals surface area (Å²) in [6.07, 6.45) is -3.97. The van der Waals surface area contributed by atoms with Crippen LogP contribution >= 0.6 is 27.3 Å². The van der Waals surface area contributed by atoms with Gasteiger partial charge in [-0.05, 0) is 31.5 Å². The largest absolute Gasteiger partial charge is 0.417 e. The lowest BCUT2D eigenvalue weighted by atomic mass is 10.0. The number of rotatable bonds is 3. The molecule has 0 aliphatic carbocycles. The maximum Gasteiger partial charge on any atom is 0.417 e. The fourth-order valence-corrected chi connectivity index (χ4v) is 3.39. The van der Waals surface area contributed by atoms with E-state index in [0.717, 1.165) is 21.6 Å². The maximum absolute atomic E-state index is 12.9. The highest BCUT2D eigenvalue weighted by molar-refractivity contribution is 9.10. The van der Waals surface area contributed by atoms with Gasteiger partial charge in [-0.25, -0.2) is 4.98 Å². The summed E-state index contributed by atoms with van der Waals surface area (Å²) in [4.78, 5) is 5.47. The van der Waals surface area contributed by atoms with Crippen LogP contribution in [-0.2, 0) is 12.6 Å². The van der Waals surface area contributed by atoms with Crippen LogP contribution in [0.2, 0.25) is 0 Å². The van der Waals surface area contributed by atoms with Gasteiger partial charge in [0.15, 0.2) is 0 Å². The Labute approximate surface area is 133 Å². The summed E-state index contributed by atoms with van der Waals surface area (Å²) in [6, 6.07) is 3.58. The third-order valence-electron chi connectivity index (χ3n) is 3.19. The Morgan fingerprint density at radius 1 is 1.33 bits per heavy atom. The third kappa shape index (κ3) is 3.84. The van der Waals surface area contributed by atoms with E-state index in [4.69, 9.17) is 5.73 Å². The average Bonchev–Trinajstić information content (AvgIpc) is 2.67. The highest BCUT2D eigenvalue weighted by Crippen LogP contribution is 2.36. The molecule has 0 aliphatic heterocycles. The lowest BCUT2D eigenvalue weighted by Gasteiger charge is -2.15. The second-order valence-electron chi connectivity index (χ2n) is 4.80. The van der Waals surface area contributed by atoms with Crippen molar-refractivity contribution in [2.75, 3.05) is 0 Å². The Balaban J connectivity index is 2.25. The predicted octanol–water partition coefficient (Wildman–Crippen LogP) is 4.78. The summed E-state index contributed by atoms with van der Waals surface area (Å²) in [5, 5.41) is 0.842. The van der Waals surface area contributed by atoms with Gasteiger partial charge in [0.05, 0.1) is 16.3 Å². The minimum absolute atomic E-state index is 0.0203. The van der Waals surface area contributed by atoms with Crippen molar-refractivity contribution in [3.8, 4) is 0 Å². The molecule has 2 aromatic rings. The van der Waals surface area contributed by atoms with Gasteiger partial charge in [0.2, 0.25) is 0 Å². The van der Waals surface area contributed by atoms with Crippen molar-refractivity contribution < 1.29 is 13.2 Å². The molecule has 0 bridgehead atoms. The Hall–Kier alpha value is -0.920. The summed E-state index contributed by atoms with van der Waals surface area (Å²) >= 11 is 4.45. The van der Waals surface area contributed by atoms with Gasteiger partial charge in [-0.2, -0.15) is 13.2 Å². The smallest absolute Gasteiger partial charge is 0.324 e. The van der Waals surface area contributed by atoms with E-state index in [-0.39, 0.29) is 4.47 Å². The molecule has 0 spiro atoms. The molecule has 1 aromatic heterocycles. The standard InChI is InChI=1S/C14H14BrF3N2S/c1-7-8(2)21-13(20-7)6-12(19)9-3-4-11(15)10(5-9)14(16,17)18/h3-5,12H,6,19H2,1-2H3. The van der Waals surface area contributed by atoms with Crippen molar-refractivity contribution in [3.05, 3.63) is 49.4 Å². The van der Waals surface area contributed by atoms with Crippen molar-refractivity contribution in [1.29, 1.82) is 0 Å². The minimum Gasteiger partial charge on any atom is -0.324 e. The molecule has 1 unspecified atom stereocenters. The topological polar surface area (TPSA) is 38.9 Å². The van der Waals surface area contributed by atoms with Crippen LogP contribution < -0.4 is 5.73 Å². The summed E-state index contributed by atoms with van der Waals surface area (Å²) in [5.74, 6) is 0. The van der Waals surface area contributed by atoms with Gasteiger partial charge in [0, 0.05) is 21.8 Å². The number of hydrogen-bond acceptors (Lipinski definition) is 3. The molecule has 0 amide bonds. The number of halogens is 4. The van der Waals surface area contributed by atoms with Crippen LogP contribution in [-0.4, -0.2) is 4.98 Å². The summed E-state index contributed by atoms with van der Waals surface area (Å²) in [7, 11) is 0. The molecule has 2 nitrogen and oxygen atoms in total. The Bertz CT molecular complexity index is 633. The molecular formula is C14H14BrF3N2S. The summed E-state index contributed by atoms with van der Waals surface area (Å²) in [5.41, 5.74) is 6.72. The Morgan fingerprint density at radius 2 is 2.00 bits per heavy atom. The number of hydrogen-bond donors (Lipinski definition) is 1. The van der Waals surface area contributed by atoms with E-state index >= 15 is 0 Å². The van der Waals surface area contributed by atoms with Crippen molar-refractivity contribution in [1.82, 2.24) is 4.98 Å². The van der Waals surface area contributed by atoms with Crippen LogP contribution in [0.3, 0.4) is 0 Å². The van der Waals surface area contributed by atoms with E-state index in [0.29, 0.717) is 12.0 Å². The van der Waals surface area contributed by atoms with Crippen LogP contribution in [0.25, 0.3) is 0 Å². The molecule has 0 aliphatic rings. The molecule has 0 radical (unpaired) electrons. The molecule has 1 aromatic carbocycles. The number of nitrogens with zero attached hydrogens (tertiary/aromatic N) is 1. The zero-order valence-electron chi connectivity index (χ0n) is 11.5. The highest BCUT2D eigenvalue weighted by atomic mass is 79.9. The summed E-state index contributed by atoms with van der Waals surface area (Å²) < 4.78 is 38.7. The van der Waals surface area contributed by atoms with Gasteiger partial charge in [-0.3, -0.25) is 0 Å². The van der Waals surface area contributed by atoms with E-state index in [1.165, 1.54) is 17.4 Å². The van der Waals surface area contributed by atoms with Gasteiger partial charge >= 0.3 is 6.18 Å². The normalized spacial score (nSPS) is 13.5. The SMILES string of the molecule is Cc1nc(CC(N)c2ccc(Br)c(C(F)(F)F)c2)sc1C. The van der Waals surface area contributed by atoms with E-state index in [1.54, 1.807) is 6.07 Å². The molecular weight excluding hydrogens is 365 g/mol. The lowest BCUT2D eigenvalue weighted by Crippen LogP contribution is -2.15. The molecule has 1 heterocycles. The number of aromatic nitrogens is 1. The van der Waals surface area contributed by atoms with Gasteiger partial charge < -0.3 is 5.73 Å². The molecule has 2 rings (SSSR count). The van der Waals surface area contributed by atoms with Crippen molar-refractivity contribution in [2.24, 2.45) is 5.73 Å². The monoisotopic (exact) mass is 378 g/mol. The Morgan fingerprint density at radius 3 is 2.52 bits per heavy atom. The van der Waals surface area contributed by atoms with Crippen LogP contribution in [0, 0.1) is 13.8 Å². The van der Waals surface area contributed by atoms with E-state index in [9.17, 15) is 13.2 Å². The first kappa shape index (κ1) is 16.5. The number of thiazole rings is 1. The van der Waals surface area contributed by atoms with Crippen LogP contribution in [0.5, 0.6) is 0 Å². The quantitative estimate of drug-likeness (QED) is 0.834. The number of alkyl halides is 3. The second-order valence-corrected chi connectivity index (χ2v) is 6.94. The molecule has 2 N–H and O–H groups in total. The zero-order chi connectivity index (χ0) is 15.8. The number of aryl methyl sites for hydroxylation is 2. The van der Waals surface area contributed by atoms with Crippen LogP contribution in [0.1, 0.15) is 32.7 Å². The third-order valence-corrected chi connectivity index (χ3v) is 4.98. The lowest BCUT2D eigenvalue weighted by molar-refractivity contribution is -0.138. The molecule has 7 heteroatoms. The summed E-state index contributed by atoms with van der Waals surface area (Å²) in [6.45, 7) is 3.87. The molecule has 21 heavy (non-hydrogen) atoms. The fourth-order valence-electron chi connectivity index (χ4n) is 1.92. The Kier molecular flexibility index (Phi) is 4.75. The molecule has 1 atom stereocenters. The van der Waals surface area contributed by atoms with Gasteiger partial charge in [0.25, 0.3) is 0 Å². The molecule has 0 fully saturated rings. The van der Waals surface area contributed by atoms with Crippen molar-refractivity contribution in [2.45, 2.75) is 32.5 Å². The number of nitrogens with two attached hydrogens (primary N) is 1. The average molecular weight is 379 g/mol. The van der Waals surface area contributed by atoms with Crippen LogP contribution in [0.4, 0.5) is 13.2 Å². The minimum atomic E-state index is -4.40. The van der Waals surface area contributed by atoms with E-state index < -0.39 is 17.8 Å². The molecule has 114 valence electrons. The van der Waals surface area contributed by atoms with Crippen LogP contribution in [0.15, 0.2) is 22.7 Å². The van der Waals surface area contributed by atoms with Gasteiger partial charge in [0.1, 0.15) is 0 Å².